The fraction of sp³-hybridized carbons (Fsp3) is 0.400. The Morgan fingerprint density at radius 3 is 2.53 bits per heavy atom. The Morgan fingerprint density at radius 2 is 2.00 bits per heavy atom. The van der Waals surface area contributed by atoms with Crippen molar-refractivity contribution in [1.29, 1.82) is 0 Å². The molecule has 0 aromatic heterocycles. The number of aliphatic hydroxyl groups is 1. The second-order valence-electron chi connectivity index (χ2n) is 3.35. The van der Waals surface area contributed by atoms with Gasteiger partial charge < -0.3 is 15.6 Å². The smallest absolute Gasteiger partial charge is 0.387 e. The highest BCUT2D eigenvalue weighted by atomic mass is 19.3. The number of alkyl halides is 4. The number of hydrogen-bond donors (Lipinski definition) is 2. The van der Waals surface area contributed by atoms with Gasteiger partial charge in [-0.3, -0.25) is 0 Å². The number of aliphatic hydroxyl groups excluding tert-OH is 1. The number of benzene rings is 1. The van der Waals surface area contributed by atoms with Crippen LogP contribution in [-0.2, 0) is 0 Å². The minimum Gasteiger partial charge on any atom is -0.435 e. The van der Waals surface area contributed by atoms with Crippen molar-refractivity contribution in [1.82, 2.24) is 0 Å². The maximum Gasteiger partial charge on any atom is 0.387 e. The molecule has 0 radical (unpaired) electrons. The van der Waals surface area contributed by atoms with Gasteiger partial charge in [0.15, 0.2) is 0 Å². The van der Waals surface area contributed by atoms with E-state index in [0.717, 1.165) is 6.07 Å². The van der Waals surface area contributed by atoms with Crippen molar-refractivity contribution >= 4 is 0 Å². The molecule has 1 rings (SSSR count). The van der Waals surface area contributed by atoms with Crippen molar-refractivity contribution in [3.8, 4) is 5.75 Å². The minimum absolute atomic E-state index is 0.0952. The number of ether oxygens (including phenoxy) is 1. The highest BCUT2D eigenvalue weighted by Gasteiger charge is 2.37. The first kappa shape index (κ1) is 13.7. The van der Waals surface area contributed by atoms with Crippen molar-refractivity contribution in [2.75, 3.05) is 6.61 Å². The van der Waals surface area contributed by atoms with Gasteiger partial charge in [0.2, 0.25) is 0 Å². The van der Waals surface area contributed by atoms with Crippen molar-refractivity contribution < 1.29 is 27.4 Å². The molecule has 0 fully saturated rings. The number of nitrogens with two attached hydrogens (primary N) is 1. The van der Waals surface area contributed by atoms with Gasteiger partial charge in [-0.25, -0.2) is 8.78 Å². The monoisotopic (exact) mass is 253 g/mol. The Morgan fingerprint density at radius 1 is 1.35 bits per heavy atom. The molecule has 0 unspecified atom stereocenters. The highest BCUT2D eigenvalue weighted by molar-refractivity contribution is 5.31. The lowest BCUT2D eigenvalue weighted by Gasteiger charge is -2.22. The Kier molecular flexibility index (Phi) is 4.30. The third-order valence-corrected chi connectivity index (χ3v) is 2.11. The molecule has 1 atom stereocenters. The molecule has 1 aromatic rings. The van der Waals surface area contributed by atoms with Crippen LogP contribution in [0, 0.1) is 0 Å². The average molecular weight is 253 g/mol. The summed E-state index contributed by atoms with van der Waals surface area (Å²) in [4.78, 5) is 0. The molecular formula is C10H11F4NO2. The molecule has 0 saturated carbocycles. The van der Waals surface area contributed by atoms with Crippen molar-refractivity contribution in [3.05, 3.63) is 29.8 Å². The molecule has 0 aliphatic heterocycles. The van der Waals surface area contributed by atoms with Gasteiger partial charge in [-0.2, -0.15) is 8.78 Å². The van der Waals surface area contributed by atoms with Crippen LogP contribution in [0.5, 0.6) is 5.75 Å². The summed E-state index contributed by atoms with van der Waals surface area (Å²) in [5, 5.41) is 8.46. The molecule has 96 valence electrons. The SMILES string of the molecule is N[C@H](c1cccc(OC(F)F)c1)C(F)(F)CO. The Labute approximate surface area is 94.8 Å². The van der Waals surface area contributed by atoms with Crippen LogP contribution in [0.15, 0.2) is 24.3 Å². The van der Waals surface area contributed by atoms with E-state index >= 15 is 0 Å². The van der Waals surface area contributed by atoms with Crippen LogP contribution in [0.4, 0.5) is 17.6 Å². The molecule has 0 aliphatic rings. The average Bonchev–Trinajstić information content (AvgIpc) is 2.27. The van der Waals surface area contributed by atoms with Crippen LogP contribution in [-0.4, -0.2) is 24.2 Å². The van der Waals surface area contributed by atoms with E-state index in [1.165, 1.54) is 18.2 Å². The summed E-state index contributed by atoms with van der Waals surface area (Å²) in [6.07, 6.45) is 0. The van der Waals surface area contributed by atoms with E-state index in [4.69, 9.17) is 10.8 Å². The first-order valence-electron chi connectivity index (χ1n) is 4.66. The molecule has 7 heteroatoms. The van der Waals surface area contributed by atoms with Gasteiger partial charge in [-0.05, 0) is 17.7 Å². The van der Waals surface area contributed by atoms with E-state index in [1.54, 1.807) is 0 Å². The molecule has 1 aromatic carbocycles. The van der Waals surface area contributed by atoms with Crippen molar-refractivity contribution in [2.24, 2.45) is 5.73 Å². The highest BCUT2D eigenvalue weighted by Crippen LogP contribution is 2.30. The third-order valence-electron chi connectivity index (χ3n) is 2.11. The summed E-state index contributed by atoms with van der Waals surface area (Å²) in [5.41, 5.74) is 5.13. The zero-order chi connectivity index (χ0) is 13.1. The molecule has 0 bridgehead atoms. The summed E-state index contributed by atoms with van der Waals surface area (Å²) >= 11 is 0. The van der Waals surface area contributed by atoms with E-state index in [-0.39, 0.29) is 11.3 Å². The van der Waals surface area contributed by atoms with Crippen LogP contribution >= 0.6 is 0 Å². The van der Waals surface area contributed by atoms with Gasteiger partial charge in [0.05, 0.1) is 6.04 Å². The topological polar surface area (TPSA) is 55.5 Å². The van der Waals surface area contributed by atoms with Gasteiger partial charge >= 0.3 is 6.61 Å². The number of rotatable bonds is 5. The predicted molar refractivity (Wildman–Crippen MR) is 52.0 cm³/mol. The molecule has 0 saturated heterocycles. The number of hydrogen-bond acceptors (Lipinski definition) is 3. The quantitative estimate of drug-likeness (QED) is 0.788. The Bertz CT molecular complexity index is 373. The minimum atomic E-state index is -3.52. The Balaban J connectivity index is 2.91. The largest absolute Gasteiger partial charge is 0.435 e. The van der Waals surface area contributed by atoms with Crippen LogP contribution in [0.2, 0.25) is 0 Å². The summed E-state index contributed by atoms with van der Waals surface area (Å²) < 4.78 is 54.0. The molecule has 17 heavy (non-hydrogen) atoms. The fourth-order valence-electron chi connectivity index (χ4n) is 1.23. The summed E-state index contributed by atoms with van der Waals surface area (Å²) in [7, 11) is 0. The van der Waals surface area contributed by atoms with E-state index < -0.39 is 25.2 Å². The van der Waals surface area contributed by atoms with Gasteiger partial charge in [0.1, 0.15) is 12.4 Å². The van der Waals surface area contributed by atoms with Gasteiger partial charge in [0.25, 0.3) is 5.92 Å². The zero-order valence-electron chi connectivity index (χ0n) is 8.62. The normalized spacial score (nSPS) is 13.8. The maximum atomic E-state index is 13.1. The molecular weight excluding hydrogens is 242 g/mol. The van der Waals surface area contributed by atoms with E-state index in [9.17, 15) is 17.6 Å². The lowest BCUT2D eigenvalue weighted by atomic mass is 10.0. The van der Waals surface area contributed by atoms with Gasteiger partial charge in [0, 0.05) is 0 Å². The molecule has 0 heterocycles. The van der Waals surface area contributed by atoms with Crippen LogP contribution < -0.4 is 10.5 Å². The second kappa shape index (κ2) is 5.33. The van der Waals surface area contributed by atoms with Crippen LogP contribution in [0.1, 0.15) is 11.6 Å². The standard InChI is InChI=1S/C10H11F4NO2/c11-9(12)17-7-3-1-2-6(4-7)8(15)10(13,14)5-16/h1-4,8-9,16H,5,15H2/t8-/m1/s1. The predicted octanol–water partition coefficient (Wildman–Crippen LogP) is 1.92. The van der Waals surface area contributed by atoms with Gasteiger partial charge in [-0.1, -0.05) is 12.1 Å². The van der Waals surface area contributed by atoms with Crippen LogP contribution in [0.3, 0.4) is 0 Å². The lowest BCUT2D eigenvalue weighted by molar-refractivity contribution is -0.0714. The van der Waals surface area contributed by atoms with E-state index in [1.807, 2.05) is 0 Å². The molecule has 0 amide bonds. The molecule has 3 N–H and O–H groups in total. The van der Waals surface area contributed by atoms with E-state index in [0.29, 0.717) is 0 Å². The maximum absolute atomic E-state index is 13.1. The number of halogens is 4. The van der Waals surface area contributed by atoms with Crippen LogP contribution in [0.25, 0.3) is 0 Å². The third kappa shape index (κ3) is 3.57. The van der Waals surface area contributed by atoms with Crippen molar-refractivity contribution in [2.45, 2.75) is 18.6 Å². The lowest BCUT2D eigenvalue weighted by Crippen LogP contribution is -2.36. The summed E-state index contributed by atoms with van der Waals surface area (Å²) in [6, 6.07) is 2.90. The molecule has 3 nitrogen and oxygen atoms in total. The second-order valence-corrected chi connectivity index (χ2v) is 3.35. The summed E-state index contributed by atoms with van der Waals surface area (Å²) in [6.45, 7) is -4.46. The zero-order valence-corrected chi connectivity index (χ0v) is 8.62. The van der Waals surface area contributed by atoms with Crippen molar-refractivity contribution in [3.63, 3.8) is 0 Å². The molecule has 0 aliphatic carbocycles. The summed E-state index contributed by atoms with van der Waals surface area (Å²) in [5.74, 6) is -3.79. The van der Waals surface area contributed by atoms with Gasteiger partial charge in [-0.15, -0.1) is 0 Å². The first-order chi connectivity index (χ1) is 7.86. The Hall–Kier alpha value is -1.34. The molecule has 0 spiro atoms. The first-order valence-corrected chi connectivity index (χ1v) is 4.66. The fourth-order valence-corrected chi connectivity index (χ4v) is 1.23. The van der Waals surface area contributed by atoms with E-state index in [2.05, 4.69) is 4.74 Å².